The first-order chi connectivity index (χ1) is 16.1. The molecule has 0 aliphatic carbocycles. The summed E-state index contributed by atoms with van der Waals surface area (Å²) in [6.07, 6.45) is 3.26. The van der Waals surface area contributed by atoms with E-state index in [2.05, 4.69) is 48.1 Å². The van der Waals surface area contributed by atoms with Gasteiger partial charge < -0.3 is 19.4 Å². The van der Waals surface area contributed by atoms with Gasteiger partial charge in [-0.15, -0.1) is 0 Å². The highest BCUT2D eigenvalue weighted by Crippen LogP contribution is 2.43. The molecule has 0 unspecified atom stereocenters. The monoisotopic (exact) mass is 448 g/mol. The lowest BCUT2D eigenvalue weighted by molar-refractivity contribution is -0.137. The molecule has 172 valence electrons. The van der Waals surface area contributed by atoms with Gasteiger partial charge in [-0.2, -0.15) is 0 Å². The van der Waals surface area contributed by atoms with Gasteiger partial charge in [0.15, 0.2) is 0 Å². The number of benzene rings is 2. The highest BCUT2D eigenvalue weighted by atomic mass is 16.5. The Hall–Kier alpha value is -3.71. The van der Waals surface area contributed by atoms with Crippen LogP contribution in [0, 0.1) is 0 Å². The molecule has 0 amide bonds. The molecule has 0 spiro atoms. The number of carboxylic acid groups (broad SMARTS) is 1. The summed E-state index contributed by atoms with van der Waals surface area (Å²) in [6.45, 7) is 4.57. The molecule has 0 atom stereocenters. The number of fused-ring (bicyclic) bond motifs is 1. The molecule has 4 rings (SSSR count). The summed E-state index contributed by atoms with van der Waals surface area (Å²) in [5.74, 6) is 0.400. The molecule has 0 saturated carbocycles. The third-order valence-corrected chi connectivity index (χ3v) is 4.91. The third-order valence-electron chi connectivity index (χ3n) is 4.91. The van der Waals surface area contributed by atoms with E-state index in [1.165, 1.54) is 11.9 Å². The second-order valence-corrected chi connectivity index (χ2v) is 7.30. The van der Waals surface area contributed by atoms with E-state index in [-0.39, 0.29) is 13.0 Å². The van der Waals surface area contributed by atoms with Crippen molar-refractivity contribution in [2.45, 2.75) is 33.1 Å². The fourth-order valence-electron chi connectivity index (χ4n) is 3.29. The van der Waals surface area contributed by atoms with Crippen LogP contribution in [0.4, 0.5) is 0 Å². The second kappa shape index (κ2) is 11.8. The summed E-state index contributed by atoms with van der Waals surface area (Å²) in [5.41, 5.74) is 4.90. The van der Waals surface area contributed by atoms with Gasteiger partial charge in [-0.25, -0.2) is 9.97 Å². The molecule has 0 fully saturated rings. The smallest absolute Gasteiger partial charge is 0.305 e. The fourth-order valence-corrected chi connectivity index (χ4v) is 3.29. The van der Waals surface area contributed by atoms with Gasteiger partial charge in [0.1, 0.15) is 17.5 Å². The molecule has 0 radical (unpaired) electrons. The SMILES string of the molecule is CCCOc1ncnc2oc(-c3ccccc3)c(-c3ccc(CC)cc3)c12.O=C(O)CCO. The zero-order chi connectivity index (χ0) is 23.6. The van der Waals surface area contributed by atoms with Crippen LogP contribution in [0.1, 0.15) is 32.3 Å². The van der Waals surface area contributed by atoms with Crippen LogP contribution >= 0.6 is 0 Å². The molecule has 2 heterocycles. The number of furan rings is 1. The second-order valence-electron chi connectivity index (χ2n) is 7.30. The minimum atomic E-state index is -0.961. The van der Waals surface area contributed by atoms with Gasteiger partial charge in [0.25, 0.3) is 0 Å². The Morgan fingerprint density at radius 2 is 1.73 bits per heavy atom. The van der Waals surface area contributed by atoms with E-state index in [0.717, 1.165) is 40.7 Å². The van der Waals surface area contributed by atoms with Crippen LogP contribution in [0.2, 0.25) is 0 Å². The van der Waals surface area contributed by atoms with Crippen molar-refractivity contribution >= 4 is 17.1 Å². The number of hydrogen-bond acceptors (Lipinski definition) is 6. The van der Waals surface area contributed by atoms with Crippen molar-refractivity contribution in [3.05, 3.63) is 66.5 Å². The lowest BCUT2D eigenvalue weighted by atomic mass is 9.98. The zero-order valence-electron chi connectivity index (χ0n) is 18.8. The number of aryl methyl sites for hydroxylation is 1. The minimum Gasteiger partial charge on any atom is -0.481 e. The van der Waals surface area contributed by atoms with Crippen molar-refractivity contribution in [2.24, 2.45) is 0 Å². The number of aromatic nitrogens is 2. The van der Waals surface area contributed by atoms with Gasteiger partial charge in [0.2, 0.25) is 11.6 Å². The number of carbonyl (C=O) groups is 1. The van der Waals surface area contributed by atoms with E-state index < -0.39 is 5.97 Å². The van der Waals surface area contributed by atoms with Gasteiger partial charge in [0, 0.05) is 11.1 Å². The maximum Gasteiger partial charge on any atom is 0.305 e. The first-order valence-electron chi connectivity index (χ1n) is 11.0. The van der Waals surface area contributed by atoms with E-state index in [4.69, 9.17) is 19.4 Å². The lowest BCUT2D eigenvalue weighted by Crippen LogP contribution is -1.98. The van der Waals surface area contributed by atoms with Crippen LogP contribution in [0.5, 0.6) is 5.88 Å². The first-order valence-corrected chi connectivity index (χ1v) is 11.0. The summed E-state index contributed by atoms with van der Waals surface area (Å²) in [6, 6.07) is 18.7. The Bertz CT molecular complexity index is 1170. The zero-order valence-corrected chi connectivity index (χ0v) is 18.8. The highest BCUT2D eigenvalue weighted by molar-refractivity contribution is 6.03. The average molecular weight is 449 g/mol. The van der Waals surface area contributed by atoms with Gasteiger partial charge in [-0.1, -0.05) is 68.4 Å². The average Bonchev–Trinajstić information content (AvgIpc) is 3.24. The molecule has 0 saturated heterocycles. The quantitative estimate of drug-likeness (QED) is 0.374. The molecular formula is C26H28N2O5. The molecule has 2 aromatic carbocycles. The summed E-state index contributed by atoms with van der Waals surface area (Å²) in [4.78, 5) is 18.2. The number of ether oxygens (including phenoxy) is 1. The van der Waals surface area contributed by atoms with Crippen LogP contribution in [0.3, 0.4) is 0 Å². The Labute approximate surface area is 192 Å². The lowest BCUT2D eigenvalue weighted by Gasteiger charge is -2.08. The van der Waals surface area contributed by atoms with E-state index in [0.29, 0.717) is 18.2 Å². The van der Waals surface area contributed by atoms with Crippen molar-refractivity contribution in [2.75, 3.05) is 13.2 Å². The number of carboxylic acids is 1. The first kappa shape index (κ1) is 23.9. The topological polar surface area (TPSA) is 106 Å². The molecule has 4 aromatic rings. The molecule has 2 N–H and O–H groups in total. The Morgan fingerprint density at radius 3 is 2.30 bits per heavy atom. The number of aliphatic hydroxyl groups is 1. The molecule has 33 heavy (non-hydrogen) atoms. The molecule has 0 aliphatic rings. The van der Waals surface area contributed by atoms with Gasteiger partial charge in [0.05, 0.1) is 19.6 Å². The van der Waals surface area contributed by atoms with E-state index >= 15 is 0 Å². The van der Waals surface area contributed by atoms with Crippen LogP contribution in [-0.4, -0.2) is 39.4 Å². The summed E-state index contributed by atoms with van der Waals surface area (Å²) >= 11 is 0. The summed E-state index contributed by atoms with van der Waals surface area (Å²) < 4.78 is 12.1. The predicted molar refractivity (Wildman–Crippen MR) is 127 cm³/mol. The molecule has 2 aromatic heterocycles. The van der Waals surface area contributed by atoms with E-state index in [1.807, 2.05) is 30.3 Å². The van der Waals surface area contributed by atoms with Crippen LogP contribution in [0.25, 0.3) is 33.6 Å². The molecule has 7 nitrogen and oxygen atoms in total. The largest absolute Gasteiger partial charge is 0.481 e. The van der Waals surface area contributed by atoms with Gasteiger partial charge in [-0.3, -0.25) is 4.79 Å². The van der Waals surface area contributed by atoms with Gasteiger partial charge >= 0.3 is 5.97 Å². The maximum atomic E-state index is 9.44. The van der Waals surface area contributed by atoms with Gasteiger partial charge in [-0.05, 0) is 24.0 Å². The van der Waals surface area contributed by atoms with E-state index in [9.17, 15) is 4.79 Å². The predicted octanol–water partition coefficient (Wildman–Crippen LogP) is 5.36. The van der Waals surface area contributed by atoms with Crippen molar-refractivity contribution in [1.82, 2.24) is 9.97 Å². The molecule has 0 bridgehead atoms. The Balaban J connectivity index is 0.000000454. The van der Waals surface area contributed by atoms with Crippen LogP contribution in [-0.2, 0) is 11.2 Å². The Kier molecular flexibility index (Phi) is 8.55. The molecular weight excluding hydrogens is 420 g/mol. The summed E-state index contributed by atoms with van der Waals surface area (Å²) in [5, 5.41) is 16.4. The third kappa shape index (κ3) is 5.96. The van der Waals surface area contributed by atoms with Crippen molar-refractivity contribution in [3.63, 3.8) is 0 Å². The number of aliphatic hydroxyl groups excluding tert-OH is 1. The molecule has 0 aliphatic heterocycles. The van der Waals surface area contributed by atoms with E-state index in [1.54, 1.807) is 0 Å². The minimum absolute atomic E-state index is 0.153. The highest BCUT2D eigenvalue weighted by Gasteiger charge is 2.22. The van der Waals surface area contributed by atoms with Crippen molar-refractivity contribution in [3.8, 4) is 28.3 Å². The number of hydrogen-bond donors (Lipinski definition) is 2. The van der Waals surface area contributed by atoms with Crippen molar-refractivity contribution in [1.29, 1.82) is 0 Å². The van der Waals surface area contributed by atoms with Crippen LogP contribution in [0.15, 0.2) is 65.3 Å². The molecule has 7 heteroatoms. The number of aliphatic carboxylic acids is 1. The standard InChI is InChI=1S/C23H22N2O2.C3H6O3/c1-3-14-26-22-20-19(17-12-10-16(4-2)11-13-17)21(18-8-6-5-7-9-18)27-23(20)25-15-24-22;4-2-1-3(5)6/h5-13,15H,3-4,14H2,1-2H3;4H,1-2H2,(H,5,6). The Morgan fingerprint density at radius 1 is 1.00 bits per heavy atom. The van der Waals surface area contributed by atoms with Crippen LogP contribution < -0.4 is 4.74 Å². The normalized spacial score (nSPS) is 10.5. The van der Waals surface area contributed by atoms with Crippen molar-refractivity contribution < 1.29 is 24.2 Å². The number of nitrogens with zero attached hydrogens (tertiary/aromatic N) is 2. The summed E-state index contributed by atoms with van der Waals surface area (Å²) in [7, 11) is 0. The number of rotatable bonds is 8. The fraction of sp³-hybridized carbons (Fsp3) is 0.269. The maximum absolute atomic E-state index is 9.44.